The van der Waals surface area contributed by atoms with Crippen LogP contribution in [0.15, 0.2) is 32.7 Å². The molecule has 0 saturated heterocycles. The largest absolute Gasteiger partial charge is 0.483 e. The maximum Gasteiger partial charge on any atom is 0.212 e. The summed E-state index contributed by atoms with van der Waals surface area (Å²) in [4.78, 5) is 9.03. The summed E-state index contributed by atoms with van der Waals surface area (Å²) in [6, 6.07) is 5.90. The number of benzene rings is 1. The average molecular weight is 374 g/mol. The number of hydrogen-bond donors (Lipinski definition) is 0. The standard InChI is InChI=1S/C15H18BrClN2O2/c1-15(14(21-3)18-9-13(19-15)20-2)7-6-10-4-5-11(16)8-12(10)17/h4-5,8H,6-7,9H2,1-3H3/t15-/m0/s1. The first kappa shape index (κ1) is 16.3. The molecule has 0 aliphatic carbocycles. The normalized spacial score (nSPS) is 21.6. The predicted molar refractivity (Wildman–Crippen MR) is 89.6 cm³/mol. The molecule has 1 aromatic carbocycles. The first-order chi connectivity index (χ1) is 9.98. The van der Waals surface area contributed by atoms with E-state index in [-0.39, 0.29) is 0 Å². The zero-order chi connectivity index (χ0) is 15.5. The molecule has 0 bridgehead atoms. The molecule has 0 aromatic heterocycles. The van der Waals surface area contributed by atoms with Crippen LogP contribution in [-0.4, -0.2) is 38.1 Å². The summed E-state index contributed by atoms with van der Waals surface area (Å²) in [5.41, 5.74) is 0.561. The maximum absolute atomic E-state index is 6.27. The van der Waals surface area contributed by atoms with Gasteiger partial charge in [-0.05, 0) is 37.5 Å². The molecule has 1 aliphatic rings. The molecule has 0 amide bonds. The Morgan fingerprint density at radius 3 is 2.71 bits per heavy atom. The van der Waals surface area contributed by atoms with Crippen LogP contribution in [0.1, 0.15) is 18.9 Å². The van der Waals surface area contributed by atoms with Gasteiger partial charge in [0, 0.05) is 9.50 Å². The summed E-state index contributed by atoms with van der Waals surface area (Å²) >= 11 is 9.68. The van der Waals surface area contributed by atoms with Crippen LogP contribution in [-0.2, 0) is 15.9 Å². The fourth-order valence-corrected chi connectivity index (χ4v) is 3.10. The molecule has 0 N–H and O–H groups in total. The smallest absolute Gasteiger partial charge is 0.212 e. The SMILES string of the molecule is COC1=N[C@@](C)(CCc2ccc(Br)cc2Cl)C(OC)=NC1. The van der Waals surface area contributed by atoms with Crippen molar-refractivity contribution in [2.24, 2.45) is 9.98 Å². The van der Waals surface area contributed by atoms with Crippen molar-refractivity contribution in [2.75, 3.05) is 20.8 Å². The van der Waals surface area contributed by atoms with Crippen LogP contribution in [0.4, 0.5) is 0 Å². The van der Waals surface area contributed by atoms with Crippen molar-refractivity contribution >= 4 is 39.3 Å². The fourth-order valence-electron chi connectivity index (χ4n) is 2.33. The van der Waals surface area contributed by atoms with Gasteiger partial charge in [-0.25, -0.2) is 9.98 Å². The molecule has 114 valence electrons. The van der Waals surface area contributed by atoms with E-state index in [1.54, 1.807) is 14.2 Å². The zero-order valence-electron chi connectivity index (χ0n) is 12.3. The van der Waals surface area contributed by atoms with E-state index in [9.17, 15) is 0 Å². The maximum atomic E-state index is 6.27. The van der Waals surface area contributed by atoms with E-state index < -0.39 is 5.54 Å². The molecule has 0 fully saturated rings. The van der Waals surface area contributed by atoms with Gasteiger partial charge in [-0.3, -0.25) is 0 Å². The van der Waals surface area contributed by atoms with E-state index >= 15 is 0 Å². The van der Waals surface area contributed by atoms with Crippen molar-refractivity contribution in [1.29, 1.82) is 0 Å². The van der Waals surface area contributed by atoms with Gasteiger partial charge in [0.05, 0.1) is 14.2 Å². The Morgan fingerprint density at radius 2 is 2.10 bits per heavy atom. The number of halogens is 2. The minimum absolute atomic E-state index is 0.425. The second-order valence-electron chi connectivity index (χ2n) is 5.04. The highest BCUT2D eigenvalue weighted by molar-refractivity contribution is 9.10. The summed E-state index contributed by atoms with van der Waals surface area (Å²) in [7, 11) is 3.23. The summed E-state index contributed by atoms with van der Waals surface area (Å²) in [6.07, 6.45) is 1.53. The van der Waals surface area contributed by atoms with Gasteiger partial charge in [0.25, 0.3) is 0 Å². The number of methoxy groups -OCH3 is 2. The van der Waals surface area contributed by atoms with E-state index in [0.29, 0.717) is 18.3 Å². The van der Waals surface area contributed by atoms with Crippen LogP contribution in [0, 0.1) is 0 Å². The Balaban J connectivity index is 2.17. The molecule has 1 aliphatic heterocycles. The number of aryl methyl sites for hydroxylation is 1. The molecule has 21 heavy (non-hydrogen) atoms. The summed E-state index contributed by atoms with van der Waals surface area (Å²) in [5, 5.41) is 0.746. The average Bonchev–Trinajstić information content (AvgIpc) is 2.46. The molecule has 0 saturated carbocycles. The van der Waals surface area contributed by atoms with Crippen LogP contribution < -0.4 is 0 Å². The summed E-state index contributed by atoms with van der Waals surface area (Å²) < 4.78 is 11.6. The highest BCUT2D eigenvalue weighted by Gasteiger charge is 2.35. The van der Waals surface area contributed by atoms with Crippen molar-refractivity contribution in [2.45, 2.75) is 25.3 Å². The number of hydrogen-bond acceptors (Lipinski definition) is 4. The Hall–Kier alpha value is -1.07. The Morgan fingerprint density at radius 1 is 1.33 bits per heavy atom. The van der Waals surface area contributed by atoms with Gasteiger partial charge in [0.1, 0.15) is 12.1 Å². The second kappa shape index (κ2) is 6.79. The lowest BCUT2D eigenvalue weighted by Gasteiger charge is -2.29. The number of ether oxygens (including phenoxy) is 2. The minimum Gasteiger partial charge on any atom is -0.483 e. The van der Waals surface area contributed by atoms with Gasteiger partial charge in [-0.2, -0.15) is 0 Å². The molecule has 6 heteroatoms. The Kier molecular flexibility index (Phi) is 5.27. The van der Waals surface area contributed by atoms with E-state index in [0.717, 1.165) is 27.9 Å². The summed E-state index contributed by atoms with van der Waals surface area (Å²) in [6.45, 7) is 2.43. The van der Waals surface area contributed by atoms with Crippen molar-refractivity contribution in [3.8, 4) is 0 Å². The third-order valence-electron chi connectivity index (χ3n) is 3.52. The van der Waals surface area contributed by atoms with Crippen LogP contribution in [0.2, 0.25) is 5.02 Å². The molecular weight excluding hydrogens is 356 g/mol. The highest BCUT2D eigenvalue weighted by atomic mass is 79.9. The number of nitrogens with zero attached hydrogens (tertiary/aromatic N) is 2. The third-order valence-corrected chi connectivity index (χ3v) is 4.36. The lowest BCUT2D eigenvalue weighted by atomic mass is 9.92. The Labute approximate surface area is 138 Å². The van der Waals surface area contributed by atoms with Crippen molar-refractivity contribution in [3.63, 3.8) is 0 Å². The lowest BCUT2D eigenvalue weighted by Crippen LogP contribution is -2.40. The Bertz CT molecular complexity index is 589. The van der Waals surface area contributed by atoms with Crippen LogP contribution in [0.25, 0.3) is 0 Å². The first-order valence-electron chi connectivity index (χ1n) is 6.64. The molecule has 2 rings (SSSR count). The van der Waals surface area contributed by atoms with Crippen molar-refractivity contribution in [1.82, 2.24) is 0 Å². The van der Waals surface area contributed by atoms with E-state index in [1.165, 1.54) is 0 Å². The molecule has 0 unspecified atom stereocenters. The van der Waals surface area contributed by atoms with E-state index in [1.807, 2.05) is 25.1 Å². The fraction of sp³-hybridized carbons (Fsp3) is 0.467. The predicted octanol–water partition coefficient (Wildman–Crippen LogP) is 3.90. The van der Waals surface area contributed by atoms with Crippen molar-refractivity contribution < 1.29 is 9.47 Å². The molecule has 1 atom stereocenters. The highest BCUT2D eigenvalue weighted by Crippen LogP contribution is 2.28. The molecule has 1 aromatic rings. The van der Waals surface area contributed by atoms with E-state index in [4.69, 9.17) is 21.1 Å². The lowest BCUT2D eigenvalue weighted by molar-refractivity contribution is 0.326. The van der Waals surface area contributed by atoms with Gasteiger partial charge in [-0.15, -0.1) is 0 Å². The molecular formula is C15H18BrClN2O2. The van der Waals surface area contributed by atoms with E-state index in [2.05, 4.69) is 25.9 Å². The zero-order valence-corrected chi connectivity index (χ0v) is 14.7. The molecule has 0 radical (unpaired) electrons. The van der Waals surface area contributed by atoms with Gasteiger partial charge < -0.3 is 9.47 Å². The van der Waals surface area contributed by atoms with Gasteiger partial charge in [-0.1, -0.05) is 33.6 Å². The molecule has 0 spiro atoms. The van der Waals surface area contributed by atoms with Crippen LogP contribution >= 0.6 is 27.5 Å². The third kappa shape index (κ3) is 3.77. The first-order valence-corrected chi connectivity index (χ1v) is 7.81. The van der Waals surface area contributed by atoms with Crippen LogP contribution in [0.3, 0.4) is 0 Å². The van der Waals surface area contributed by atoms with Gasteiger partial charge in [0.15, 0.2) is 0 Å². The molecule has 4 nitrogen and oxygen atoms in total. The number of aliphatic imine (C=N–C) groups is 2. The summed E-state index contributed by atoms with van der Waals surface area (Å²) in [5.74, 6) is 1.26. The van der Waals surface area contributed by atoms with Gasteiger partial charge in [0.2, 0.25) is 11.8 Å². The van der Waals surface area contributed by atoms with Crippen LogP contribution in [0.5, 0.6) is 0 Å². The number of rotatable bonds is 3. The monoisotopic (exact) mass is 372 g/mol. The second-order valence-corrected chi connectivity index (χ2v) is 6.37. The molecule has 1 heterocycles. The van der Waals surface area contributed by atoms with Crippen molar-refractivity contribution in [3.05, 3.63) is 33.3 Å². The minimum atomic E-state index is -0.519. The quantitative estimate of drug-likeness (QED) is 0.806. The van der Waals surface area contributed by atoms with Gasteiger partial charge >= 0.3 is 0 Å². The topological polar surface area (TPSA) is 43.2 Å².